The number of aliphatic imine (C=N–C) groups is 1. The second-order valence-corrected chi connectivity index (χ2v) is 6.05. The van der Waals surface area contributed by atoms with Crippen molar-refractivity contribution >= 4 is 29.9 Å². The van der Waals surface area contributed by atoms with Gasteiger partial charge in [-0.3, -0.25) is 4.99 Å². The molecule has 1 aliphatic carbocycles. The fourth-order valence-corrected chi connectivity index (χ4v) is 2.58. The van der Waals surface area contributed by atoms with Gasteiger partial charge in [0.15, 0.2) is 5.96 Å². The molecule has 0 heterocycles. The summed E-state index contributed by atoms with van der Waals surface area (Å²) in [6.45, 7) is 7.43. The van der Waals surface area contributed by atoms with E-state index in [0.717, 1.165) is 31.6 Å². The van der Waals surface area contributed by atoms with Gasteiger partial charge in [-0.05, 0) is 25.8 Å². The molecular formula is C15H33IN4. The van der Waals surface area contributed by atoms with Crippen LogP contribution in [0.2, 0.25) is 0 Å². The quantitative estimate of drug-likeness (QED) is 0.412. The highest BCUT2D eigenvalue weighted by Gasteiger charge is 2.17. The summed E-state index contributed by atoms with van der Waals surface area (Å²) in [7, 11) is 4.09. The number of guanidine groups is 1. The SMILES string of the molecule is CN=C(NCCN(C)C1CCCCC1)NCC(C)C.I. The first-order chi connectivity index (χ1) is 9.13. The minimum Gasteiger partial charge on any atom is -0.356 e. The summed E-state index contributed by atoms with van der Waals surface area (Å²) in [5.74, 6) is 1.56. The smallest absolute Gasteiger partial charge is 0.191 e. The van der Waals surface area contributed by atoms with Crippen molar-refractivity contribution in [3.63, 3.8) is 0 Å². The van der Waals surface area contributed by atoms with E-state index >= 15 is 0 Å². The molecule has 1 fully saturated rings. The highest BCUT2D eigenvalue weighted by Crippen LogP contribution is 2.21. The molecule has 0 spiro atoms. The molecule has 0 aromatic carbocycles. The van der Waals surface area contributed by atoms with Gasteiger partial charge in [0.2, 0.25) is 0 Å². The largest absolute Gasteiger partial charge is 0.356 e. The molecule has 20 heavy (non-hydrogen) atoms. The molecular weight excluding hydrogens is 363 g/mol. The summed E-state index contributed by atoms with van der Waals surface area (Å²) in [5.41, 5.74) is 0. The zero-order valence-electron chi connectivity index (χ0n) is 13.6. The summed E-state index contributed by atoms with van der Waals surface area (Å²) >= 11 is 0. The van der Waals surface area contributed by atoms with Crippen molar-refractivity contribution in [2.45, 2.75) is 52.0 Å². The lowest BCUT2D eigenvalue weighted by Gasteiger charge is -2.31. The standard InChI is InChI=1S/C15H32N4.HI/c1-13(2)12-18-15(16-3)17-10-11-19(4)14-8-6-5-7-9-14;/h13-14H,5-12H2,1-4H3,(H2,16,17,18);1H. The Balaban J connectivity index is 0.00000361. The first-order valence-corrected chi connectivity index (χ1v) is 7.78. The zero-order chi connectivity index (χ0) is 14.1. The van der Waals surface area contributed by atoms with Crippen LogP contribution in [0.4, 0.5) is 0 Å². The van der Waals surface area contributed by atoms with Gasteiger partial charge in [0.25, 0.3) is 0 Å². The van der Waals surface area contributed by atoms with Gasteiger partial charge >= 0.3 is 0 Å². The van der Waals surface area contributed by atoms with Crippen LogP contribution >= 0.6 is 24.0 Å². The van der Waals surface area contributed by atoms with Gasteiger partial charge in [-0.15, -0.1) is 24.0 Å². The molecule has 0 atom stereocenters. The molecule has 120 valence electrons. The van der Waals surface area contributed by atoms with E-state index in [9.17, 15) is 0 Å². The maximum atomic E-state index is 4.25. The van der Waals surface area contributed by atoms with Gasteiger partial charge < -0.3 is 15.5 Å². The summed E-state index contributed by atoms with van der Waals surface area (Å²) in [6.07, 6.45) is 6.97. The second kappa shape index (κ2) is 11.6. The maximum Gasteiger partial charge on any atom is 0.191 e. The number of likely N-dealkylation sites (N-methyl/N-ethyl adjacent to an activating group) is 1. The van der Waals surface area contributed by atoms with E-state index in [1.165, 1.54) is 32.1 Å². The fraction of sp³-hybridized carbons (Fsp3) is 0.933. The topological polar surface area (TPSA) is 39.7 Å². The molecule has 0 unspecified atom stereocenters. The monoisotopic (exact) mass is 396 g/mol. The lowest BCUT2D eigenvalue weighted by atomic mass is 9.94. The molecule has 0 bridgehead atoms. The number of hydrogen-bond donors (Lipinski definition) is 2. The van der Waals surface area contributed by atoms with Crippen LogP contribution in [0.15, 0.2) is 4.99 Å². The van der Waals surface area contributed by atoms with Gasteiger partial charge in [-0.2, -0.15) is 0 Å². The third kappa shape index (κ3) is 8.29. The molecule has 1 rings (SSSR count). The van der Waals surface area contributed by atoms with E-state index in [1.54, 1.807) is 0 Å². The van der Waals surface area contributed by atoms with Crippen LogP contribution < -0.4 is 10.6 Å². The van der Waals surface area contributed by atoms with Crippen LogP contribution in [0.5, 0.6) is 0 Å². The van der Waals surface area contributed by atoms with Crippen LogP contribution in [0, 0.1) is 5.92 Å². The first kappa shape index (κ1) is 20.0. The first-order valence-electron chi connectivity index (χ1n) is 7.78. The Morgan fingerprint density at radius 2 is 1.85 bits per heavy atom. The lowest BCUT2D eigenvalue weighted by molar-refractivity contribution is 0.194. The molecule has 0 aliphatic heterocycles. The normalized spacial score (nSPS) is 17.2. The number of hydrogen-bond acceptors (Lipinski definition) is 2. The Morgan fingerprint density at radius 1 is 1.20 bits per heavy atom. The average molecular weight is 396 g/mol. The van der Waals surface area contributed by atoms with Crippen LogP contribution in [0.1, 0.15) is 46.0 Å². The van der Waals surface area contributed by atoms with Crippen LogP contribution in [-0.2, 0) is 0 Å². The molecule has 0 saturated heterocycles. The summed E-state index contributed by atoms with van der Waals surface area (Å²) in [4.78, 5) is 6.75. The summed E-state index contributed by atoms with van der Waals surface area (Å²) < 4.78 is 0. The average Bonchev–Trinajstić information content (AvgIpc) is 2.43. The van der Waals surface area contributed by atoms with Crippen LogP contribution in [0.25, 0.3) is 0 Å². The van der Waals surface area contributed by atoms with Gasteiger partial charge in [0, 0.05) is 32.7 Å². The van der Waals surface area contributed by atoms with Gasteiger partial charge in [-0.25, -0.2) is 0 Å². The minimum atomic E-state index is 0. The third-order valence-corrected chi connectivity index (χ3v) is 3.86. The highest BCUT2D eigenvalue weighted by atomic mass is 127. The fourth-order valence-electron chi connectivity index (χ4n) is 2.58. The van der Waals surface area contributed by atoms with Crippen molar-refractivity contribution in [1.82, 2.24) is 15.5 Å². The molecule has 2 N–H and O–H groups in total. The molecule has 0 aromatic rings. The van der Waals surface area contributed by atoms with E-state index in [1.807, 2.05) is 7.05 Å². The lowest BCUT2D eigenvalue weighted by Crippen LogP contribution is -2.44. The Kier molecular flexibility index (Phi) is 11.6. The van der Waals surface area contributed by atoms with E-state index in [-0.39, 0.29) is 24.0 Å². The van der Waals surface area contributed by atoms with E-state index in [0.29, 0.717) is 5.92 Å². The number of halogens is 1. The maximum absolute atomic E-state index is 4.25. The Morgan fingerprint density at radius 3 is 2.40 bits per heavy atom. The number of nitrogens with zero attached hydrogens (tertiary/aromatic N) is 2. The predicted octanol–water partition coefficient (Wildman–Crippen LogP) is 2.69. The van der Waals surface area contributed by atoms with Gasteiger partial charge in [0.1, 0.15) is 0 Å². The van der Waals surface area contributed by atoms with Crippen molar-refractivity contribution in [3.05, 3.63) is 0 Å². The van der Waals surface area contributed by atoms with Crippen LogP contribution in [-0.4, -0.2) is 50.6 Å². The van der Waals surface area contributed by atoms with E-state index in [4.69, 9.17) is 0 Å². The predicted molar refractivity (Wildman–Crippen MR) is 99.1 cm³/mol. The van der Waals surface area contributed by atoms with Crippen molar-refractivity contribution in [1.29, 1.82) is 0 Å². The van der Waals surface area contributed by atoms with E-state index in [2.05, 4.69) is 41.4 Å². The zero-order valence-corrected chi connectivity index (χ0v) is 15.9. The van der Waals surface area contributed by atoms with Gasteiger partial charge in [-0.1, -0.05) is 33.1 Å². The van der Waals surface area contributed by atoms with E-state index < -0.39 is 0 Å². The number of nitrogens with one attached hydrogen (secondary N) is 2. The van der Waals surface area contributed by atoms with Crippen molar-refractivity contribution < 1.29 is 0 Å². The Hall–Kier alpha value is -0.0400. The Bertz CT molecular complexity index is 263. The van der Waals surface area contributed by atoms with Crippen molar-refractivity contribution in [2.24, 2.45) is 10.9 Å². The van der Waals surface area contributed by atoms with Gasteiger partial charge in [0.05, 0.1) is 0 Å². The molecule has 1 saturated carbocycles. The summed E-state index contributed by atoms with van der Waals surface area (Å²) in [5, 5.41) is 6.73. The van der Waals surface area contributed by atoms with Crippen molar-refractivity contribution in [3.8, 4) is 0 Å². The highest BCUT2D eigenvalue weighted by molar-refractivity contribution is 14.0. The minimum absolute atomic E-state index is 0. The van der Waals surface area contributed by atoms with Crippen LogP contribution in [0.3, 0.4) is 0 Å². The van der Waals surface area contributed by atoms with Crippen molar-refractivity contribution in [2.75, 3.05) is 33.7 Å². The molecule has 4 nitrogen and oxygen atoms in total. The second-order valence-electron chi connectivity index (χ2n) is 6.05. The molecule has 1 aliphatic rings. The Labute approximate surface area is 142 Å². The molecule has 0 amide bonds. The molecule has 0 radical (unpaired) electrons. The molecule has 0 aromatic heterocycles. The summed E-state index contributed by atoms with van der Waals surface area (Å²) in [6, 6.07) is 0.793. The third-order valence-electron chi connectivity index (χ3n) is 3.86. The molecule has 5 heteroatoms. The number of rotatable bonds is 6.